The molecule has 0 aromatic carbocycles. The molecule has 0 aliphatic heterocycles. The lowest BCUT2D eigenvalue weighted by Crippen LogP contribution is -2.30. The van der Waals surface area contributed by atoms with Gasteiger partial charge in [-0.25, -0.2) is 4.79 Å². The number of unbranched alkanes of at least 4 members (excludes halogenated alkanes) is 19. The SMILES string of the molecule is CCCCCCCCCCCCCCCCCCCCCCn1cc(C)c(=O)[nH]c1=O. The van der Waals surface area contributed by atoms with Crippen molar-refractivity contribution in [1.29, 1.82) is 0 Å². The van der Waals surface area contributed by atoms with Crippen molar-refractivity contribution in [2.45, 2.75) is 149 Å². The highest BCUT2D eigenvalue weighted by Crippen LogP contribution is 2.14. The van der Waals surface area contributed by atoms with Crippen LogP contribution >= 0.6 is 0 Å². The maximum Gasteiger partial charge on any atom is 0.328 e. The van der Waals surface area contributed by atoms with E-state index in [4.69, 9.17) is 0 Å². The third kappa shape index (κ3) is 15.2. The number of aromatic nitrogens is 2. The minimum absolute atomic E-state index is 0.273. The third-order valence-corrected chi connectivity index (χ3v) is 6.44. The Bertz CT molecular complexity index is 647. The number of aromatic amines is 1. The summed E-state index contributed by atoms with van der Waals surface area (Å²) >= 11 is 0. The van der Waals surface area contributed by atoms with Crippen molar-refractivity contribution >= 4 is 0 Å². The van der Waals surface area contributed by atoms with E-state index in [2.05, 4.69) is 11.9 Å². The van der Waals surface area contributed by atoms with Crippen LogP contribution in [0.25, 0.3) is 0 Å². The molecule has 0 spiro atoms. The number of nitrogens with zero attached hydrogens (tertiary/aromatic N) is 1. The van der Waals surface area contributed by atoms with Crippen LogP contribution in [0.4, 0.5) is 0 Å². The smallest absolute Gasteiger partial charge is 0.300 e. The highest BCUT2D eigenvalue weighted by Gasteiger charge is 2.00. The van der Waals surface area contributed by atoms with Crippen LogP contribution in [0.5, 0.6) is 0 Å². The van der Waals surface area contributed by atoms with Crippen LogP contribution in [0, 0.1) is 6.92 Å². The largest absolute Gasteiger partial charge is 0.328 e. The van der Waals surface area contributed by atoms with Crippen LogP contribution in [0.2, 0.25) is 0 Å². The Kier molecular flexibility index (Phi) is 17.3. The third-order valence-electron chi connectivity index (χ3n) is 6.44. The molecule has 4 heteroatoms. The van der Waals surface area contributed by atoms with Crippen LogP contribution in [0.3, 0.4) is 0 Å². The molecular formula is C27H50N2O2. The fraction of sp³-hybridized carbons (Fsp3) is 0.852. The van der Waals surface area contributed by atoms with Gasteiger partial charge in [0.05, 0.1) is 0 Å². The molecule has 0 aliphatic rings. The molecular weight excluding hydrogens is 384 g/mol. The molecule has 0 saturated carbocycles. The van der Waals surface area contributed by atoms with E-state index in [-0.39, 0.29) is 11.2 Å². The van der Waals surface area contributed by atoms with E-state index >= 15 is 0 Å². The molecule has 1 rings (SSSR count). The van der Waals surface area contributed by atoms with Gasteiger partial charge in [-0.3, -0.25) is 9.78 Å². The number of rotatable bonds is 21. The van der Waals surface area contributed by atoms with Crippen molar-refractivity contribution in [3.63, 3.8) is 0 Å². The van der Waals surface area contributed by atoms with Gasteiger partial charge in [-0.05, 0) is 13.3 Å². The van der Waals surface area contributed by atoms with Gasteiger partial charge in [0.25, 0.3) is 5.56 Å². The van der Waals surface area contributed by atoms with Crippen molar-refractivity contribution < 1.29 is 0 Å². The Hall–Kier alpha value is -1.32. The van der Waals surface area contributed by atoms with Crippen LogP contribution in [0.15, 0.2) is 15.8 Å². The summed E-state index contributed by atoms with van der Waals surface area (Å²) in [6, 6.07) is 0. The Morgan fingerprint density at radius 3 is 1.35 bits per heavy atom. The van der Waals surface area contributed by atoms with Gasteiger partial charge in [-0.2, -0.15) is 0 Å². The molecule has 1 heterocycles. The second-order valence-electron chi connectivity index (χ2n) is 9.48. The maximum absolute atomic E-state index is 11.7. The minimum Gasteiger partial charge on any atom is -0.300 e. The number of nitrogens with one attached hydrogen (secondary N) is 1. The topological polar surface area (TPSA) is 54.9 Å². The van der Waals surface area contributed by atoms with Crippen molar-refractivity contribution in [1.82, 2.24) is 9.55 Å². The first kappa shape index (κ1) is 27.7. The first-order valence-corrected chi connectivity index (χ1v) is 13.5. The van der Waals surface area contributed by atoms with Gasteiger partial charge in [0, 0.05) is 18.3 Å². The average molecular weight is 435 g/mol. The molecule has 1 aromatic heterocycles. The quantitative estimate of drug-likeness (QED) is 0.202. The van der Waals surface area contributed by atoms with E-state index in [1.807, 2.05) is 0 Å². The fourth-order valence-corrected chi connectivity index (χ4v) is 4.32. The molecule has 31 heavy (non-hydrogen) atoms. The lowest BCUT2D eigenvalue weighted by Gasteiger charge is -2.06. The zero-order chi connectivity index (χ0) is 22.6. The molecule has 1 aromatic rings. The van der Waals surface area contributed by atoms with Gasteiger partial charge in [-0.1, -0.05) is 129 Å². The number of hydrogen-bond acceptors (Lipinski definition) is 2. The summed E-state index contributed by atoms with van der Waals surface area (Å²) in [5, 5.41) is 0. The van der Waals surface area contributed by atoms with E-state index in [9.17, 15) is 9.59 Å². The monoisotopic (exact) mass is 434 g/mol. The average Bonchev–Trinajstić information content (AvgIpc) is 2.75. The highest BCUT2D eigenvalue weighted by atomic mass is 16.2. The van der Waals surface area contributed by atoms with Gasteiger partial charge in [0.15, 0.2) is 0 Å². The van der Waals surface area contributed by atoms with Crippen LogP contribution < -0.4 is 11.2 Å². The first-order valence-electron chi connectivity index (χ1n) is 13.5. The Morgan fingerprint density at radius 2 is 0.968 bits per heavy atom. The van der Waals surface area contributed by atoms with Gasteiger partial charge >= 0.3 is 5.69 Å². The predicted octanol–water partition coefficient (Wildman–Crippen LogP) is 7.67. The fourth-order valence-electron chi connectivity index (χ4n) is 4.32. The summed E-state index contributed by atoms with van der Waals surface area (Å²) in [6.45, 7) is 4.73. The van der Waals surface area contributed by atoms with Crippen LogP contribution in [0.1, 0.15) is 141 Å². The van der Waals surface area contributed by atoms with Gasteiger partial charge in [0.1, 0.15) is 0 Å². The molecule has 0 bridgehead atoms. The summed E-state index contributed by atoms with van der Waals surface area (Å²) in [7, 11) is 0. The number of aryl methyl sites for hydroxylation is 2. The molecule has 1 N–H and O–H groups in total. The molecule has 0 radical (unpaired) electrons. The predicted molar refractivity (Wildman–Crippen MR) is 134 cm³/mol. The van der Waals surface area contributed by atoms with Crippen molar-refractivity contribution in [2.75, 3.05) is 0 Å². The van der Waals surface area contributed by atoms with Gasteiger partial charge in [0.2, 0.25) is 0 Å². The normalized spacial score (nSPS) is 11.3. The molecule has 0 unspecified atom stereocenters. The minimum atomic E-state index is -0.284. The van der Waals surface area contributed by atoms with Crippen molar-refractivity contribution in [3.8, 4) is 0 Å². The second-order valence-corrected chi connectivity index (χ2v) is 9.48. The molecule has 0 atom stereocenters. The van der Waals surface area contributed by atoms with Gasteiger partial charge in [-0.15, -0.1) is 0 Å². The van der Waals surface area contributed by atoms with E-state index in [0.717, 1.165) is 12.8 Å². The summed E-state index contributed by atoms with van der Waals surface area (Å²) < 4.78 is 1.63. The summed E-state index contributed by atoms with van der Waals surface area (Å²) in [5.41, 5.74) is 0.0471. The van der Waals surface area contributed by atoms with E-state index < -0.39 is 0 Å². The molecule has 0 aliphatic carbocycles. The first-order chi connectivity index (χ1) is 15.1. The highest BCUT2D eigenvalue weighted by molar-refractivity contribution is 5.00. The summed E-state index contributed by atoms with van der Waals surface area (Å²) in [5.74, 6) is 0. The Labute approximate surface area is 191 Å². The Morgan fingerprint density at radius 1 is 0.613 bits per heavy atom. The molecule has 180 valence electrons. The summed E-state index contributed by atoms with van der Waals surface area (Å²) in [6.07, 6.45) is 29.1. The molecule has 0 saturated heterocycles. The number of hydrogen-bond donors (Lipinski definition) is 1. The number of H-pyrrole nitrogens is 1. The van der Waals surface area contributed by atoms with Gasteiger partial charge < -0.3 is 4.57 Å². The van der Waals surface area contributed by atoms with Crippen molar-refractivity contribution in [2.24, 2.45) is 0 Å². The molecule has 0 amide bonds. The summed E-state index contributed by atoms with van der Waals surface area (Å²) in [4.78, 5) is 25.5. The van der Waals surface area contributed by atoms with Crippen molar-refractivity contribution in [3.05, 3.63) is 32.6 Å². The van der Waals surface area contributed by atoms with E-state index in [0.29, 0.717) is 12.1 Å². The molecule has 0 fully saturated rings. The lowest BCUT2D eigenvalue weighted by atomic mass is 10.0. The van der Waals surface area contributed by atoms with E-state index in [1.165, 1.54) is 116 Å². The zero-order valence-electron chi connectivity index (χ0n) is 20.7. The molecule has 4 nitrogen and oxygen atoms in total. The standard InChI is InChI=1S/C27H50N2O2/c1-3-4-5-6-7-8-9-10-11-12-13-14-15-16-17-18-19-20-21-22-23-29-24-25(2)26(30)28-27(29)31/h24H,3-23H2,1-2H3,(H,28,30,31). The Balaban J connectivity index is 1.79. The van der Waals surface area contributed by atoms with Crippen LogP contribution in [-0.2, 0) is 6.54 Å². The lowest BCUT2D eigenvalue weighted by molar-refractivity contribution is 0.512. The zero-order valence-corrected chi connectivity index (χ0v) is 20.7. The van der Waals surface area contributed by atoms with E-state index in [1.54, 1.807) is 17.7 Å². The van der Waals surface area contributed by atoms with Crippen LogP contribution in [-0.4, -0.2) is 9.55 Å². The second kappa shape index (κ2) is 19.4. The maximum atomic E-state index is 11.7.